The third-order valence-corrected chi connectivity index (χ3v) is 3.48. The molecule has 0 saturated carbocycles. The molecule has 112 valence electrons. The fraction of sp³-hybridized carbons (Fsp3) is 0.353. The summed E-state index contributed by atoms with van der Waals surface area (Å²) in [5.41, 5.74) is 3.59. The maximum atomic E-state index is 9.76. The number of aromatic nitrogens is 1. The van der Waals surface area contributed by atoms with Crippen LogP contribution in [0.4, 0.5) is 0 Å². The van der Waals surface area contributed by atoms with E-state index in [0.717, 1.165) is 28.1 Å². The van der Waals surface area contributed by atoms with Crippen molar-refractivity contribution in [2.75, 3.05) is 7.11 Å². The summed E-state index contributed by atoms with van der Waals surface area (Å²) in [5, 5.41) is 9.76. The molecule has 0 spiro atoms. The highest BCUT2D eigenvalue weighted by atomic mass is 16.5. The van der Waals surface area contributed by atoms with Crippen molar-refractivity contribution in [3.05, 3.63) is 52.8 Å². The Morgan fingerprint density at radius 1 is 1.24 bits per heavy atom. The van der Waals surface area contributed by atoms with E-state index in [0.29, 0.717) is 12.4 Å². The fourth-order valence-corrected chi connectivity index (χ4v) is 2.32. The second-order valence-corrected chi connectivity index (χ2v) is 5.05. The van der Waals surface area contributed by atoms with E-state index < -0.39 is 6.10 Å². The van der Waals surface area contributed by atoms with Crippen molar-refractivity contribution in [3.8, 4) is 11.5 Å². The molecule has 0 unspecified atom stereocenters. The van der Waals surface area contributed by atoms with Crippen LogP contribution < -0.4 is 9.47 Å². The van der Waals surface area contributed by atoms with Crippen molar-refractivity contribution in [3.63, 3.8) is 0 Å². The monoisotopic (exact) mass is 287 g/mol. The van der Waals surface area contributed by atoms with Gasteiger partial charge in [-0.3, -0.25) is 4.98 Å². The lowest BCUT2D eigenvalue weighted by Gasteiger charge is -2.15. The van der Waals surface area contributed by atoms with Gasteiger partial charge in [0, 0.05) is 22.9 Å². The Balaban J connectivity index is 2.21. The van der Waals surface area contributed by atoms with Crippen molar-refractivity contribution in [2.24, 2.45) is 0 Å². The molecule has 4 heteroatoms. The van der Waals surface area contributed by atoms with E-state index >= 15 is 0 Å². The van der Waals surface area contributed by atoms with Crippen LogP contribution in [0.15, 0.2) is 30.5 Å². The van der Waals surface area contributed by atoms with Crippen LogP contribution >= 0.6 is 0 Å². The first-order chi connectivity index (χ1) is 10.0. The number of hydrogen-bond donors (Lipinski definition) is 1. The summed E-state index contributed by atoms with van der Waals surface area (Å²) >= 11 is 0. The molecule has 0 aliphatic rings. The lowest BCUT2D eigenvalue weighted by Crippen LogP contribution is -2.05. The van der Waals surface area contributed by atoms with Crippen molar-refractivity contribution in [2.45, 2.75) is 33.5 Å². The van der Waals surface area contributed by atoms with E-state index in [1.807, 2.05) is 38.1 Å². The predicted molar refractivity (Wildman–Crippen MR) is 81.7 cm³/mol. The topological polar surface area (TPSA) is 51.6 Å². The van der Waals surface area contributed by atoms with E-state index in [1.165, 1.54) is 0 Å². The summed E-state index contributed by atoms with van der Waals surface area (Å²) in [7, 11) is 1.66. The zero-order valence-corrected chi connectivity index (χ0v) is 12.9. The molecule has 0 aliphatic heterocycles. The molecule has 0 radical (unpaired) electrons. The molecule has 0 fully saturated rings. The smallest absolute Gasteiger partial charge is 0.131 e. The lowest BCUT2D eigenvalue weighted by molar-refractivity contribution is 0.189. The van der Waals surface area contributed by atoms with Gasteiger partial charge in [-0.1, -0.05) is 18.2 Å². The number of benzene rings is 1. The molecule has 1 heterocycles. The molecule has 1 aromatic carbocycles. The average molecular weight is 287 g/mol. The number of rotatable bonds is 5. The SMILES string of the molecule is COc1c(C)cnc(COc2ccccc2[C@H](C)O)c1C. The number of pyridine rings is 1. The molecule has 2 aromatic rings. The van der Waals surface area contributed by atoms with E-state index in [9.17, 15) is 5.11 Å². The van der Waals surface area contributed by atoms with Gasteiger partial charge in [0.25, 0.3) is 0 Å². The number of ether oxygens (including phenoxy) is 2. The number of aliphatic hydroxyl groups excluding tert-OH is 1. The zero-order chi connectivity index (χ0) is 15.4. The Labute approximate surface area is 125 Å². The van der Waals surface area contributed by atoms with Gasteiger partial charge < -0.3 is 14.6 Å². The van der Waals surface area contributed by atoms with Gasteiger partial charge in [0.05, 0.1) is 18.9 Å². The molecule has 2 rings (SSSR count). The van der Waals surface area contributed by atoms with Crippen molar-refractivity contribution >= 4 is 0 Å². The quantitative estimate of drug-likeness (QED) is 0.916. The molecule has 1 atom stereocenters. The van der Waals surface area contributed by atoms with Gasteiger partial charge in [-0.25, -0.2) is 0 Å². The number of aryl methyl sites for hydroxylation is 1. The Kier molecular flexibility index (Phi) is 4.81. The maximum Gasteiger partial charge on any atom is 0.131 e. The highest BCUT2D eigenvalue weighted by molar-refractivity contribution is 5.41. The summed E-state index contributed by atoms with van der Waals surface area (Å²) in [6.45, 7) is 6.00. The van der Waals surface area contributed by atoms with Crippen LogP contribution in [0.5, 0.6) is 11.5 Å². The fourth-order valence-electron chi connectivity index (χ4n) is 2.32. The molecule has 0 bridgehead atoms. The van der Waals surface area contributed by atoms with Gasteiger partial charge in [0.2, 0.25) is 0 Å². The van der Waals surface area contributed by atoms with Crippen LogP contribution in [-0.4, -0.2) is 17.2 Å². The minimum absolute atomic E-state index is 0.339. The average Bonchev–Trinajstić information content (AvgIpc) is 2.47. The van der Waals surface area contributed by atoms with Crippen LogP contribution in [0.3, 0.4) is 0 Å². The van der Waals surface area contributed by atoms with E-state index in [4.69, 9.17) is 9.47 Å². The summed E-state index contributed by atoms with van der Waals surface area (Å²) in [6.07, 6.45) is 1.22. The van der Waals surface area contributed by atoms with Gasteiger partial charge >= 0.3 is 0 Å². The van der Waals surface area contributed by atoms with Crippen molar-refractivity contribution in [1.82, 2.24) is 4.98 Å². The molecule has 4 nitrogen and oxygen atoms in total. The second-order valence-electron chi connectivity index (χ2n) is 5.05. The van der Waals surface area contributed by atoms with Gasteiger partial charge in [-0.2, -0.15) is 0 Å². The molecule has 1 N–H and O–H groups in total. The first-order valence-electron chi connectivity index (χ1n) is 6.93. The molecule has 0 saturated heterocycles. The highest BCUT2D eigenvalue weighted by Gasteiger charge is 2.12. The summed E-state index contributed by atoms with van der Waals surface area (Å²) in [6, 6.07) is 7.48. The summed E-state index contributed by atoms with van der Waals surface area (Å²) in [5.74, 6) is 1.51. The number of hydrogen-bond acceptors (Lipinski definition) is 4. The number of nitrogens with zero attached hydrogens (tertiary/aromatic N) is 1. The molecular weight excluding hydrogens is 266 g/mol. The van der Waals surface area contributed by atoms with Crippen LogP contribution in [0.1, 0.15) is 35.4 Å². The van der Waals surface area contributed by atoms with E-state index in [2.05, 4.69) is 4.98 Å². The number of methoxy groups -OCH3 is 1. The Morgan fingerprint density at radius 3 is 2.62 bits per heavy atom. The molecule has 1 aromatic heterocycles. The van der Waals surface area contributed by atoms with Crippen LogP contribution in [-0.2, 0) is 6.61 Å². The van der Waals surface area contributed by atoms with E-state index in [-0.39, 0.29) is 0 Å². The van der Waals surface area contributed by atoms with Crippen LogP contribution in [0.25, 0.3) is 0 Å². The Bertz CT molecular complexity index is 623. The molecule has 0 aliphatic carbocycles. The first kappa shape index (κ1) is 15.3. The standard InChI is InChI=1S/C17H21NO3/c1-11-9-18-15(12(2)17(11)20-4)10-21-16-8-6-5-7-14(16)13(3)19/h5-9,13,19H,10H2,1-4H3/t13-/m0/s1. The molecule has 21 heavy (non-hydrogen) atoms. The molecular formula is C17H21NO3. The van der Waals surface area contributed by atoms with Crippen molar-refractivity contribution in [1.29, 1.82) is 0 Å². The third kappa shape index (κ3) is 3.34. The number of aliphatic hydroxyl groups is 1. The highest BCUT2D eigenvalue weighted by Crippen LogP contribution is 2.27. The van der Waals surface area contributed by atoms with E-state index in [1.54, 1.807) is 20.2 Å². The first-order valence-corrected chi connectivity index (χ1v) is 6.93. The largest absolute Gasteiger partial charge is 0.496 e. The maximum absolute atomic E-state index is 9.76. The lowest BCUT2D eigenvalue weighted by atomic mass is 10.1. The minimum Gasteiger partial charge on any atom is -0.496 e. The van der Waals surface area contributed by atoms with Gasteiger partial charge in [-0.15, -0.1) is 0 Å². The predicted octanol–water partition coefficient (Wildman–Crippen LogP) is 3.34. The third-order valence-electron chi connectivity index (χ3n) is 3.48. The van der Waals surface area contributed by atoms with Gasteiger partial charge in [-0.05, 0) is 26.8 Å². The van der Waals surface area contributed by atoms with Crippen LogP contribution in [0.2, 0.25) is 0 Å². The Hall–Kier alpha value is -2.07. The van der Waals surface area contributed by atoms with Gasteiger partial charge in [0.1, 0.15) is 18.1 Å². The number of para-hydroxylation sites is 1. The Morgan fingerprint density at radius 2 is 1.95 bits per heavy atom. The summed E-state index contributed by atoms with van der Waals surface area (Å²) in [4.78, 5) is 4.41. The second kappa shape index (κ2) is 6.59. The minimum atomic E-state index is -0.567. The van der Waals surface area contributed by atoms with Gasteiger partial charge in [0.15, 0.2) is 0 Å². The molecule has 0 amide bonds. The zero-order valence-electron chi connectivity index (χ0n) is 12.9. The van der Waals surface area contributed by atoms with Crippen molar-refractivity contribution < 1.29 is 14.6 Å². The normalized spacial score (nSPS) is 12.0. The summed E-state index contributed by atoms with van der Waals surface area (Å²) < 4.78 is 11.2. The van der Waals surface area contributed by atoms with Crippen LogP contribution in [0, 0.1) is 13.8 Å².